The van der Waals surface area contributed by atoms with Crippen LogP contribution in [0.15, 0.2) is 182 Å². The maximum Gasteiger partial charge on any atom is -0.00199 e. The van der Waals surface area contributed by atoms with Gasteiger partial charge in [0.25, 0.3) is 0 Å². The summed E-state index contributed by atoms with van der Waals surface area (Å²) in [6.45, 7) is 0. The van der Waals surface area contributed by atoms with Crippen molar-refractivity contribution >= 4 is 59.4 Å². The lowest BCUT2D eigenvalue weighted by Crippen LogP contribution is -1.94. The van der Waals surface area contributed by atoms with Gasteiger partial charge in [0.2, 0.25) is 0 Å². The van der Waals surface area contributed by atoms with Crippen molar-refractivity contribution in [1.29, 1.82) is 0 Å². The highest BCUT2D eigenvalue weighted by Crippen LogP contribution is 2.48. The van der Waals surface area contributed by atoms with Gasteiger partial charge < -0.3 is 0 Å². The van der Waals surface area contributed by atoms with E-state index < -0.39 is 0 Å². The van der Waals surface area contributed by atoms with Gasteiger partial charge in [-0.15, -0.1) is 0 Å². The first-order chi connectivity index (χ1) is 24.8. The van der Waals surface area contributed by atoms with Crippen molar-refractivity contribution in [3.63, 3.8) is 0 Å². The van der Waals surface area contributed by atoms with Crippen molar-refractivity contribution < 1.29 is 0 Å². The summed E-state index contributed by atoms with van der Waals surface area (Å²) in [6.07, 6.45) is 9.18. The van der Waals surface area contributed by atoms with Crippen LogP contribution in [-0.2, 0) is 0 Å². The summed E-state index contributed by atoms with van der Waals surface area (Å²) in [7, 11) is 0. The molecule has 0 aromatic heterocycles. The average Bonchev–Trinajstić information content (AvgIpc) is 3.19. The molecule has 0 aliphatic heterocycles. The van der Waals surface area contributed by atoms with Gasteiger partial charge in [-0.25, -0.2) is 0 Å². The summed E-state index contributed by atoms with van der Waals surface area (Å²) < 4.78 is 0. The van der Waals surface area contributed by atoms with Crippen molar-refractivity contribution in [2.45, 2.75) is 12.8 Å². The molecule has 0 saturated carbocycles. The molecule has 0 radical (unpaired) electrons. The molecular weight excluding hydrogens is 601 g/mol. The molecule has 50 heavy (non-hydrogen) atoms. The fourth-order valence-corrected chi connectivity index (χ4v) is 8.43. The summed E-state index contributed by atoms with van der Waals surface area (Å²) in [5.74, 6) is 0. The molecule has 0 amide bonds. The van der Waals surface area contributed by atoms with Crippen molar-refractivity contribution in [3.8, 4) is 33.4 Å². The molecule has 234 valence electrons. The zero-order chi connectivity index (χ0) is 33.0. The minimum Gasteiger partial charge on any atom is -0.0836 e. The van der Waals surface area contributed by atoms with Crippen LogP contribution in [0.4, 0.5) is 0 Å². The Morgan fingerprint density at radius 2 is 0.820 bits per heavy atom. The quantitative estimate of drug-likeness (QED) is 0.169. The largest absolute Gasteiger partial charge is 0.0836 e. The van der Waals surface area contributed by atoms with Crippen molar-refractivity contribution in [2.75, 3.05) is 0 Å². The van der Waals surface area contributed by atoms with Crippen molar-refractivity contribution in [3.05, 3.63) is 188 Å². The molecule has 9 aromatic rings. The molecule has 0 atom stereocenters. The molecule has 0 nitrogen and oxygen atoms in total. The van der Waals surface area contributed by atoms with E-state index in [-0.39, 0.29) is 0 Å². The Labute approximate surface area is 292 Å². The van der Waals surface area contributed by atoms with Gasteiger partial charge in [-0.2, -0.15) is 0 Å². The predicted molar refractivity (Wildman–Crippen MR) is 217 cm³/mol. The van der Waals surface area contributed by atoms with E-state index >= 15 is 0 Å². The highest BCUT2D eigenvalue weighted by molar-refractivity contribution is 6.26. The molecule has 0 fully saturated rings. The number of allylic oxidation sites excluding steroid dienone is 4. The number of rotatable bonds is 4. The molecule has 0 heteroatoms. The van der Waals surface area contributed by atoms with Gasteiger partial charge in [-0.05, 0) is 117 Å². The van der Waals surface area contributed by atoms with Gasteiger partial charge in [0.05, 0.1) is 0 Å². The third kappa shape index (κ3) is 4.53. The molecule has 0 N–H and O–H groups in total. The lowest BCUT2D eigenvalue weighted by Gasteiger charge is -2.21. The summed E-state index contributed by atoms with van der Waals surface area (Å²) in [5, 5.41) is 12.7. The fourth-order valence-electron chi connectivity index (χ4n) is 8.43. The van der Waals surface area contributed by atoms with Crippen molar-refractivity contribution in [1.82, 2.24) is 0 Å². The number of fused-ring (bicyclic) bond motifs is 5. The lowest BCUT2D eigenvalue weighted by atomic mass is 9.82. The molecule has 0 heterocycles. The van der Waals surface area contributed by atoms with Crippen LogP contribution in [-0.4, -0.2) is 0 Å². The van der Waals surface area contributed by atoms with Crippen LogP contribution in [0.1, 0.15) is 18.4 Å². The minimum atomic E-state index is 1.09. The standard InChI is InChI=1S/C50H34/c1-2-14-33(15-3-1)39-30-31-40(42-23-9-8-22-41(39)42)36-28-29-47-48(32-36)50(44-27-13-19-35-17-5-7-21-38(35)44)46-25-11-10-24-45(46)49(47)43-26-12-18-34-16-4-6-20-37(34)43/h2,4-32H,1,3H2. The second-order valence-electron chi connectivity index (χ2n) is 13.5. The predicted octanol–water partition coefficient (Wildman–Crippen LogP) is 14.2. The van der Waals surface area contributed by atoms with Crippen LogP contribution in [0.5, 0.6) is 0 Å². The normalized spacial score (nSPS) is 13.1. The molecule has 1 aliphatic carbocycles. The van der Waals surface area contributed by atoms with Gasteiger partial charge in [-0.1, -0.05) is 176 Å². The summed E-state index contributed by atoms with van der Waals surface area (Å²) in [5.41, 5.74) is 10.2. The van der Waals surface area contributed by atoms with Gasteiger partial charge >= 0.3 is 0 Å². The van der Waals surface area contributed by atoms with Crippen LogP contribution in [0.25, 0.3) is 92.8 Å². The van der Waals surface area contributed by atoms with Crippen LogP contribution in [0.3, 0.4) is 0 Å². The average molecular weight is 635 g/mol. The molecule has 0 bridgehead atoms. The van der Waals surface area contributed by atoms with E-state index in [4.69, 9.17) is 0 Å². The Hall–Kier alpha value is -6.24. The van der Waals surface area contributed by atoms with Crippen LogP contribution >= 0.6 is 0 Å². The van der Waals surface area contributed by atoms with E-state index in [1.807, 2.05) is 0 Å². The zero-order valence-electron chi connectivity index (χ0n) is 27.7. The maximum absolute atomic E-state index is 2.47. The monoisotopic (exact) mass is 634 g/mol. The van der Waals surface area contributed by atoms with Crippen LogP contribution in [0.2, 0.25) is 0 Å². The Bertz CT molecular complexity index is 2850. The second kappa shape index (κ2) is 11.7. The first kappa shape index (κ1) is 28.7. The number of hydrogen-bond donors (Lipinski definition) is 0. The summed E-state index contributed by atoms with van der Waals surface area (Å²) >= 11 is 0. The summed E-state index contributed by atoms with van der Waals surface area (Å²) in [4.78, 5) is 0. The molecule has 0 spiro atoms. The highest BCUT2D eigenvalue weighted by atomic mass is 14.2. The van der Waals surface area contributed by atoms with E-state index in [1.165, 1.54) is 98.4 Å². The topological polar surface area (TPSA) is 0 Å². The number of benzene rings is 9. The Kier molecular flexibility index (Phi) is 6.74. The van der Waals surface area contributed by atoms with Gasteiger partial charge in [0, 0.05) is 0 Å². The van der Waals surface area contributed by atoms with E-state index in [2.05, 4.69) is 182 Å². The zero-order valence-corrected chi connectivity index (χ0v) is 27.7. The summed E-state index contributed by atoms with van der Waals surface area (Å²) in [6, 6.07) is 60.9. The van der Waals surface area contributed by atoms with Crippen molar-refractivity contribution in [2.24, 2.45) is 0 Å². The van der Waals surface area contributed by atoms with Gasteiger partial charge in [0.1, 0.15) is 0 Å². The fraction of sp³-hybridized carbons (Fsp3) is 0.0400. The number of hydrogen-bond acceptors (Lipinski definition) is 0. The molecule has 1 aliphatic rings. The minimum absolute atomic E-state index is 1.09. The SMILES string of the molecule is C1=CC(c2ccc(-c3ccc4c(-c5cccc6ccccc56)c5ccccc5c(-c5cccc6ccccc56)c4c3)c3ccccc23)=CCC1. The molecule has 9 aromatic carbocycles. The smallest absolute Gasteiger partial charge is 0.00199 e. The second-order valence-corrected chi connectivity index (χ2v) is 13.5. The molecule has 0 saturated heterocycles. The Morgan fingerprint density at radius 1 is 0.320 bits per heavy atom. The van der Waals surface area contributed by atoms with E-state index in [0.717, 1.165) is 12.8 Å². The molecular formula is C50H34. The highest BCUT2D eigenvalue weighted by Gasteiger charge is 2.20. The third-order valence-electron chi connectivity index (χ3n) is 10.7. The first-order valence-electron chi connectivity index (χ1n) is 17.7. The Morgan fingerprint density at radius 3 is 1.44 bits per heavy atom. The van der Waals surface area contributed by atoms with Crippen LogP contribution < -0.4 is 0 Å². The Balaban J connectivity index is 1.33. The van der Waals surface area contributed by atoms with Gasteiger partial charge in [0.15, 0.2) is 0 Å². The molecule has 10 rings (SSSR count). The van der Waals surface area contributed by atoms with E-state index in [0.29, 0.717) is 0 Å². The maximum atomic E-state index is 2.47. The molecule has 0 unspecified atom stereocenters. The van der Waals surface area contributed by atoms with Gasteiger partial charge in [-0.3, -0.25) is 0 Å². The van der Waals surface area contributed by atoms with E-state index in [9.17, 15) is 0 Å². The lowest BCUT2D eigenvalue weighted by molar-refractivity contribution is 1.04. The van der Waals surface area contributed by atoms with Crippen LogP contribution in [0, 0.1) is 0 Å². The van der Waals surface area contributed by atoms with E-state index in [1.54, 1.807) is 0 Å². The third-order valence-corrected chi connectivity index (χ3v) is 10.7. The first-order valence-corrected chi connectivity index (χ1v) is 17.7.